The monoisotopic (exact) mass is 390 g/mol. The molecule has 1 aromatic carbocycles. The van der Waals surface area contributed by atoms with Crippen LogP contribution in [-0.4, -0.2) is 36.7 Å². The Morgan fingerprint density at radius 2 is 1.88 bits per heavy atom. The third-order valence-electron chi connectivity index (χ3n) is 3.12. The van der Waals surface area contributed by atoms with Crippen LogP contribution in [0, 0.1) is 0 Å². The predicted molar refractivity (Wildman–Crippen MR) is 93.9 cm³/mol. The number of halogens is 2. The average molecular weight is 391 g/mol. The van der Waals surface area contributed by atoms with E-state index >= 15 is 0 Å². The molecule has 0 heterocycles. The number of carbonyl (C=O) groups is 3. The lowest BCUT2D eigenvalue weighted by Gasteiger charge is -2.15. The molecule has 1 rings (SSSR count). The second kappa shape index (κ2) is 10.1. The van der Waals surface area contributed by atoms with Gasteiger partial charge in [0.05, 0.1) is 5.02 Å². The number of esters is 1. The molecule has 0 radical (unpaired) electrons. The van der Waals surface area contributed by atoms with Crippen LogP contribution in [0.15, 0.2) is 18.2 Å². The maximum absolute atomic E-state index is 11.8. The third kappa shape index (κ3) is 7.62. The van der Waals surface area contributed by atoms with Crippen molar-refractivity contribution in [2.24, 2.45) is 0 Å². The summed E-state index contributed by atoms with van der Waals surface area (Å²) in [7, 11) is 0. The van der Waals surface area contributed by atoms with Gasteiger partial charge in [0.15, 0.2) is 12.7 Å². The lowest BCUT2D eigenvalue weighted by atomic mass is 10.3. The Morgan fingerprint density at radius 1 is 1.20 bits per heavy atom. The number of benzene rings is 1. The predicted octanol–water partition coefficient (Wildman–Crippen LogP) is 2.93. The van der Waals surface area contributed by atoms with E-state index in [1.807, 2.05) is 6.92 Å². The van der Waals surface area contributed by atoms with E-state index in [1.165, 1.54) is 19.1 Å². The molecule has 138 valence electrons. The normalized spacial score (nSPS) is 12.7. The molecule has 25 heavy (non-hydrogen) atoms. The molecule has 0 fully saturated rings. The van der Waals surface area contributed by atoms with Crippen LogP contribution in [0.5, 0.6) is 5.75 Å². The summed E-state index contributed by atoms with van der Waals surface area (Å²) in [5.74, 6) is -1.26. The molecule has 1 aromatic rings. The number of amides is 3. The Kier molecular flexibility index (Phi) is 8.51. The van der Waals surface area contributed by atoms with Gasteiger partial charge in [-0.05, 0) is 38.5 Å². The summed E-state index contributed by atoms with van der Waals surface area (Å²) < 4.78 is 10.2. The van der Waals surface area contributed by atoms with Crippen molar-refractivity contribution in [2.75, 3.05) is 6.61 Å². The first kappa shape index (κ1) is 21.1. The number of rotatable bonds is 7. The van der Waals surface area contributed by atoms with E-state index in [-0.39, 0.29) is 16.8 Å². The molecule has 9 heteroatoms. The summed E-state index contributed by atoms with van der Waals surface area (Å²) in [5.41, 5.74) is 0. The highest BCUT2D eigenvalue weighted by Crippen LogP contribution is 2.28. The van der Waals surface area contributed by atoms with Gasteiger partial charge in [-0.1, -0.05) is 30.1 Å². The summed E-state index contributed by atoms with van der Waals surface area (Å²) in [4.78, 5) is 34.9. The Hall–Kier alpha value is -1.99. The van der Waals surface area contributed by atoms with Crippen molar-refractivity contribution in [3.05, 3.63) is 28.2 Å². The van der Waals surface area contributed by atoms with Crippen molar-refractivity contribution in [2.45, 2.75) is 39.3 Å². The number of ether oxygens (including phenoxy) is 2. The van der Waals surface area contributed by atoms with Gasteiger partial charge in [-0.25, -0.2) is 9.59 Å². The topological polar surface area (TPSA) is 93.7 Å². The molecule has 0 bridgehead atoms. The standard InChI is InChI=1S/C16H20Cl2N2O5/c1-4-9(2)19-16(23)20-14(21)8-24-15(22)10(3)25-13-6-5-11(17)7-12(13)18/h5-7,9-10H,4,8H2,1-3H3,(H2,19,20,21,23)/t9-,10-/m0/s1. The fraction of sp³-hybridized carbons (Fsp3) is 0.438. The van der Waals surface area contributed by atoms with Crippen LogP contribution >= 0.6 is 23.2 Å². The molecule has 0 aliphatic carbocycles. The molecule has 0 saturated heterocycles. The minimum absolute atomic E-state index is 0.0760. The fourth-order valence-corrected chi connectivity index (χ4v) is 2.04. The van der Waals surface area contributed by atoms with Crippen LogP contribution in [0.25, 0.3) is 0 Å². The van der Waals surface area contributed by atoms with E-state index in [0.717, 1.165) is 6.42 Å². The second-order valence-electron chi connectivity index (χ2n) is 5.27. The molecule has 2 atom stereocenters. The third-order valence-corrected chi connectivity index (χ3v) is 3.65. The van der Waals surface area contributed by atoms with Crippen molar-refractivity contribution in [3.8, 4) is 5.75 Å². The number of urea groups is 1. The van der Waals surface area contributed by atoms with Crippen molar-refractivity contribution in [1.82, 2.24) is 10.6 Å². The van der Waals surface area contributed by atoms with E-state index < -0.39 is 30.6 Å². The zero-order valence-electron chi connectivity index (χ0n) is 14.1. The number of carbonyl (C=O) groups excluding carboxylic acids is 3. The van der Waals surface area contributed by atoms with Gasteiger partial charge in [0.25, 0.3) is 5.91 Å². The van der Waals surface area contributed by atoms with Crippen LogP contribution in [0.2, 0.25) is 10.0 Å². The second-order valence-corrected chi connectivity index (χ2v) is 6.12. The minimum atomic E-state index is -1.000. The zero-order valence-corrected chi connectivity index (χ0v) is 15.6. The van der Waals surface area contributed by atoms with Crippen LogP contribution < -0.4 is 15.4 Å². The average Bonchev–Trinajstić information content (AvgIpc) is 2.54. The summed E-state index contributed by atoms with van der Waals surface area (Å²) in [5, 5.41) is 5.29. The number of hydrogen-bond acceptors (Lipinski definition) is 5. The highest BCUT2D eigenvalue weighted by atomic mass is 35.5. The maximum Gasteiger partial charge on any atom is 0.347 e. The van der Waals surface area contributed by atoms with Crippen molar-refractivity contribution in [1.29, 1.82) is 0 Å². The summed E-state index contributed by atoms with van der Waals surface area (Å²) in [6, 6.07) is 3.82. The van der Waals surface area contributed by atoms with E-state index in [0.29, 0.717) is 5.02 Å². The quantitative estimate of drug-likeness (QED) is 0.697. The molecule has 7 nitrogen and oxygen atoms in total. The van der Waals surface area contributed by atoms with Gasteiger partial charge in [0, 0.05) is 11.1 Å². The van der Waals surface area contributed by atoms with Gasteiger partial charge >= 0.3 is 12.0 Å². The first-order valence-corrected chi connectivity index (χ1v) is 8.37. The van der Waals surface area contributed by atoms with Crippen LogP contribution in [-0.2, 0) is 14.3 Å². The van der Waals surface area contributed by atoms with Crippen LogP contribution in [0.3, 0.4) is 0 Å². The molecular weight excluding hydrogens is 371 g/mol. The van der Waals surface area contributed by atoms with E-state index in [9.17, 15) is 14.4 Å². The molecular formula is C16H20Cl2N2O5. The summed E-state index contributed by atoms with van der Waals surface area (Å²) >= 11 is 11.7. The highest BCUT2D eigenvalue weighted by Gasteiger charge is 2.20. The Bertz CT molecular complexity index is 639. The van der Waals surface area contributed by atoms with Crippen molar-refractivity contribution >= 4 is 41.1 Å². The number of nitrogens with one attached hydrogen (secondary N) is 2. The van der Waals surface area contributed by atoms with Gasteiger partial charge < -0.3 is 14.8 Å². The maximum atomic E-state index is 11.8. The Balaban J connectivity index is 2.42. The van der Waals surface area contributed by atoms with Gasteiger partial charge in [-0.3, -0.25) is 10.1 Å². The molecule has 2 N–H and O–H groups in total. The van der Waals surface area contributed by atoms with Gasteiger partial charge in [0.1, 0.15) is 5.75 Å². The van der Waals surface area contributed by atoms with E-state index in [4.69, 9.17) is 32.7 Å². The molecule has 0 unspecified atom stereocenters. The van der Waals surface area contributed by atoms with E-state index in [2.05, 4.69) is 10.6 Å². The lowest BCUT2D eigenvalue weighted by molar-refractivity contribution is -0.154. The lowest BCUT2D eigenvalue weighted by Crippen LogP contribution is -2.45. The molecule has 0 aromatic heterocycles. The Labute approximate surface area is 155 Å². The molecule has 3 amide bonds. The summed E-state index contributed by atoms with van der Waals surface area (Å²) in [6.07, 6.45) is -0.279. The van der Waals surface area contributed by atoms with Gasteiger partial charge in [-0.15, -0.1) is 0 Å². The van der Waals surface area contributed by atoms with Gasteiger partial charge in [0.2, 0.25) is 0 Å². The first-order chi connectivity index (χ1) is 11.7. The van der Waals surface area contributed by atoms with Crippen molar-refractivity contribution in [3.63, 3.8) is 0 Å². The fourth-order valence-electron chi connectivity index (χ4n) is 1.59. The SMILES string of the molecule is CC[C@H](C)NC(=O)NC(=O)COC(=O)[C@H](C)Oc1ccc(Cl)cc1Cl. The zero-order chi connectivity index (χ0) is 19.0. The number of imide groups is 1. The van der Waals surface area contributed by atoms with Crippen molar-refractivity contribution < 1.29 is 23.9 Å². The Morgan fingerprint density at radius 3 is 2.48 bits per heavy atom. The molecule has 0 saturated carbocycles. The van der Waals surface area contributed by atoms with Crippen LogP contribution in [0.1, 0.15) is 27.2 Å². The smallest absolute Gasteiger partial charge is 0.347 e. The first-order valence-electron chi connectivity index (χ1n) is 7.61. The summed E-state index contributed by atoms with van der Waals surface area (Å²) in [6.45, 7) is 4.53. The van der Waals surface area contributed by atoms with Crippen LogP contribution in [0.4, 0.5) is 4.79 Å². The van der Waals surface area contributed by atoms with E-state index in [1.54, 1.807) is 13.0 Å². The molecule has 0 spiro atoms. The molecule has 0 aliphatic rings. The van der Waals surface area contributed by atoms with Gasteiger partial charge in [-0.2, -0.15) is 0 Å². The molecule has 0 aliphatic heterocycles. The number of hydrogen-bond donors (Lipinski definition) is 2. The minimum Gasteiger partial charge on any atom is -0.477 e. The largest absolute Gasteiger partial charge is 0.477 e. The highest BCUT2D eigenvalue weighted by molar-refractivity contribution is 6.35.